The van der Waals surface area contributed by atoms with Crippen molar-refractivity contribution in [2.45, 2.75) is 43.2 Å². The molecule has 6 nitrogen and oxygen atoms in total. The molecule has 1 aliphatic heterocycles. The maximum atomic E-state index is 13.5. The predicted octanol–water partition coefficient (Wildman–Crippen LogP) is 6.49. The highest BCUT2D eigenvalue weighted by Crippen LogP contribution is 2.32. The number of ketones is 1. The Morgan fingerprint density at radius 2 is 1.77 bits per heavy atom. The summed E-state index contributed by atoms with van der Waals surface area (Å²) in [6.07, 6.45) is -3.40. The number of benzene rings is 3. The predicted molar refractivity (Wildman–Crippen MR) is 135 cm³/mol. The van der Waals surface area contributed by atoms with E-state index in [-0.39, 0.29) is 35.2 Å². The highest BCUT2D eigenvalue weighted by atomic mass is 32.2. The van der Waals surface area contributed by atoms with Crippen LogP contribution in [0.25, 0.3) is 22.1 Å². The molecule has 2 heterocycles. The Morgan fingerprint density at radius 3 is 2.51 bits per heavy atom. The van der Waals surface area contributed by atoms with E-state index in [2.05, 4.69) is 4.74 Å². The molecular formula is C28H23F4NO5S. The van der Waals surface area contributed by atoms with Crippen LogP contribution in [0.5, 0.6) is 5.75 Å². The Hall–Kier alpha value is -3.70. The number of carbonyl (C=O) groups is 1. The van der Waals surface area contributed by atoms with Crippen LogP contribution in [0, 0.1) is 5.82 Å². The summed E-state index contributed by atoms with van der Waals surface area (Å²) in [5.41, 5.74) is 2.49. The molecule has 1 aliphatic rings. The summed E-state index contributed by atoms with van der Waals surface area (Å²) in [6, 6.07) is 16.9. The molecule has 0 aliphatic carbocycles. The van der Waals surface area contributed by atoms with Crippen LogP contribution in [0.15, 0.2) is 82.3 Å². The molecule has 1 atom stereocenters. The molecule has 5 rings (SSSR count). The molecule has 0 N–H and O–H groups in total. The maximum Gasteiger partial charge on any atom is 0.573 e. The second-order valence-electron chi connectivity index (χ2n) is 9.26. The summed E-state index contributed by atoms with van der Waals surface area (Å²) in [5.74, 6) is -1.06. The quantitative estimate of drug-likeness (QED) is 0.230. The van der Waals surface area contributed by atoms with Gasteiger partial charge >= 0.3 is 6.36 Å². The fourth-order valence-electron chi connectivity index (χ4n) is 4.77. The molecular weight excluding hydrogens is 538 g/mol. The summed E-state index contributed by atoms with van der Waals surface area (Å²) < 4.78 is 87.9. The van der Waals surface area contributed by atoms with Crippen molar-refractivity contribution >= 4 is 26.8 Å². The minimum absolute atomic E-state index is 0.101. The topological polar surface area (TPSA) is 76.8 Å². The molecule has 11 heteroatoms. The van der Waals surface area contributed by atoms with Gasteiger partial charge in [-0.05, 0) is 66.3 Å². The lowest BCUT2D eigenvalue weighted by Crippen LogP contribution is -2.40. The molecule has 0 bridgehead atoms. The average Bonchev–Trinajstić information content (AvgIpc) is 3.55. The van der Waals surface area contributed by atoms with Gasteiger partial charge in [0, 0.05) is 24.4 Å². The minimum Gasteiger partial charge on any atom is -0.443 e. The third-order valence-electron chi connectivity index (χ3n) is 6.60. The van der Waals surface area contributed by atoms with Crippen molar-refractivity contribution in [2.75, 3.05) is 6.54 Å². The number of Topliss-reactive ketones (excluding diaryl/α,β-unsaturated/α-hetero) is 1. The Labute approximate surface area is 221 Å². The van der Waals surface area contributed by atoms with Gasteiger partial charge in [0.2, 0.25) is 5.09 Å². The van der Waals surface area contributed by atoms with Crippen molar-refractivity contribution in [3.8, 4) is 16.9 Å². The van der Waals surface area contributed by atoms with Crippen LogP contribution in [0.2, 0.25) is 0 Å². The van der Waals surface area contributed by atoms with E-state index in [1.807, 2.05) is 12.1 Å². The van der Waals surface area contributed by atoms with E-state index in [1.165, 1.54) is 48.5 Å². The molecule has 1 fully saturated rings. The van der Waals surface area contributed by atoms with Crippen molar-refractivity contribution in [1.29, 1.82) is 0 Å². The van der Waals surface area contributed by atoms with Crippen molar-refractivity contribution in [3.63, 3.8) is 0 Å². The highest BCUT2D eigenvalue weighted by molar-refractivity contribution is 7.89. The zero-order valence-electron chi connectivity index (χ0n) is 20.4. The Morgan fingerprint density at radius 1 is 1.00 bits per heavy atom. The van der Waals surface area contributed by atoms with E-state index in [0.29, 0.717) is 30.2 Å². The fraction of sp³-hybridized carbons (Fsp3) is 0.250. The van der Waals surface area contributed by atoms with E-state index in [4.69, 9.17) is 4.42 Å². The van der Waals surface area contributed by atoms with Crippen molar-refractivity contribution in [1.82, 2.24) is 4.31 Å². The van der Waals surface area contributed by atoms with E-state index in [9.17, 15) is 30.8 Å². The number of hydrogen-bond acceptors (Lipinski definition) is 5. The first kappa shape index (κ1) is 26.9. The number of carbonyl (C=O) groups excluding carboxylic acids is 1. The number of aryl methyl sites for hydroxylation is 1. The lowest BCUT2D eigenvalue weighted by molar-refractivity contribution is -0.274. The molecule has 0 saturated carbocycles. The standard InChI is InChI=1S/C28H23F4NO5S/c29-22-9-13-26-21(16-22)17-27(37-26)39(35,36)33-14-2-5-24(33)25(34)12-6-18-3-1-4-20(15-18)19-7-10-23(11-8-19)38-28(30,31)32/h1,3-4,7-11,13,15-17,24H,2,5-6,12,14H2. The third-order valence-corrected chi connectivity index (χ3v) is 8.37. The maximum absolute atomic E-state index is 13.5. The fourth-order valence-corrected chi connectivity index (χ4v) is 6.40. The number of halogens is 4. The smallest absolute Gasteiger partial charge is 0.443 e. The number of nitrogens with zero attached hydrogens (tertiary/aromatic N) is 1. The molecule has 1 unspecified atom stereocenters. The molecule has 1 saturated heterocycles. The number of alkyl halides is 3. The summed E-state index contributed by atoms with van der Waals surface area (Å²) in [5, 5.41) is -0.0137. The van der Waals surface area contributed by atoms with E-state index < -0.39 is 28.2 Å². The van der Waals surface area contributed by atoms with Gasteiger partial charge in [-0.3, -0.25) is 4.79 Å². The zero-order chi connectivity index (χ0) is 27.8. The van der Waals surface area contributed by atoms with Gasteiger partial charge in [0.25, 0.3) is 10.0 Å². The van der Waals surface area contributed by atoms with Crippen molar-refractivity contribution in [3.05, 3.63) is 84.2 Å². The highest BCUT2D eigenvalue weighted by Gasteiger charge is 2.40. The van der Waals surface area contributed by atoms with Gasteiger partial charge in [0.15, 0.2) is 5.78 Å². The van der Waals surface area contributed by atoms with Crippen LogP contribution < -0.4 is 4.74 Å². The van der Waals surface area contributed by atoms with Crippen LogP contribution in [0.3, 0.4) is 0 Å². The lowest BCUT2D eigenvalue weighted by atomic mass is 9.98. The normalized spacial score (nSPS) is 16.6. The monoisotopic (exact) mass is 561 g/mol. The summed E-state index contributed by atoms with van der Waals surface area (Å²) in [7, 11) is -4.11. The largest absolute Gasteiger partial charge is 0.573 e. The van der Waals surface area contributed by atoms with Gasteiger partial charge < -0.3 is 9.15 Å². The van der Waals surface area contributed by atoms with Crippen LogP contribution in [-0.4, -0.2) is 37.5 Å². The number of hydrogen-bond donors (Lipinski definition) is 0. The number of rotatable bonds is 8. The van der Waals surface area contributed by atoms with Gasteiger partial charge in [-0.1, -0.05) is 36.4 Å². The number of furan rings is 1. The Kier molecular flexibility index (Phi) is 7.21. The molecule has 3 aromatic carbocycles. The minimum atomic E-state index is -4.77. The molecule has 4 aromatic rings. The summed E-state index contributed by atoms with van der Waals surface area (Å²) >= 11 is 0. The SMILES string of the molecule is O=C(CCc1cccc(-c2ccc(OC(F)(F)F)cc2)c1)C1CCCN1S(=O)(=O)c1cc2cc(F)ccc2o1. The first-order valence-corrected chi connectivity index (χ1v) is 13.6. The van der Waals surface area contributed by atoms with Crippen molar-refractivity contribution < 1.29 is 39.9 Å². The molecule has 0 amide bonds. The van der Waals surface area contributed by atoms with Crippen molar-refractivity contribution in [2.24, 2.45) is 0 Å². The van der Waals surface area contributed by atoms with Crippen LogP contribution in [0.1, 0.15) is 24.8 Å². The molecule has 39 heavy (non-hydrogen) atoms. The first-order valence-electron chi connectivity index (χ1n) is 12.2. The lowest BCUT2D eigenvalue weighted by Gasteiger charge is -2.21. The molecule has 0 radical (unpaired) electrons. The Balaban J connectivity index is 1.26. The van der Waals surface area contributed by atoms with Gasteiger partial charge in [0.1, 0.15) is 17.1 Å². The number of sulfonamides is 1. The van der Waals surface area contributed by atoms with E-state index in [0.717, 1.165) is 15.4 Å². The second-order valence-corrected chi connectivity index (χ2v) is 11.1. The Bertz CT molecular complexity index is 1610. The molecule has 1 aromatic heterocycles. The van der Waals surface area contributed by atoms with Crippen LogP contribution in [0.4, 0.5) is 17.6 Å². The summed E-state index contributed by atoms with van der Waals surface area (Å²) in [6.45, 7) is 0.174. The van der Waals surface area contributed by atoms with E-state index >= 15 is 0 Å². The molecule has 204 valence electrons. The van der Waals surface area contributed by atoms with E-state index in [1.54, 1.807) is 12.1 Å². The first-order chi connectivity index (χ1) is 18.5. The number of ether oxygens (including phenoxy) is 1. The summed E-state index contributed by atoms with van der Waals surface area (Å²) in [4.78, 5) is 13.1. The van der Waals surface area contributed by atoms with Gasteiger partial charge in [-0.25, -0.2) is 12.8 Å². The second kappa shape index (κ2) is 10.5. The molecule has 0 spiro atoms. The van der Waals surface area contributed by atoms with Gasteiger partial charge in [0.05, 0.1) is 6.04 Å². The zero-order valence-corrected chi connectivity index (χ0v) is 21.3. The number of fused-ring (bicyclic) bond motifs is 1. The van der Waals surface area contributed by atoms with Crippen LogP contribution >= 0.6 is 0 Å². The average molecular weight is 562 g/mol. The van der Waals surface area contributed by atoms with Gasteiger partial charge in [-0.2, -0.15) is 4.31 Å². The van der Waals surface area contributed by atoms with Crippen LogP contribution in [-0.2, 0) is 21.2 Å². The van der Waals surface area contributed by atoms with Gasteiger partial charge in [-0.15, -0.1) is 13.2 Å². The third kappa shape index (κ3) is 5.99.